The predicted molar refractivity (Wildman–Crippen MR) is 123 cm³/mol. The van der Waals surface area contributed by atoms with E-state index in [1.807, 2.05) is 0 Å². The second kappa shape index (κ2) is 10.6. The number of benzene rings is 2. The molecule has 0 bridgehead atoms. The highest BCUT2D eigenvalue weighted by molar-refractivity contribution is 5.86. The zero-order valence-corrected chi connectivity index (χ0v) is 18.3. The Labute approximate surface area is 180 Å². The van der Waals surface area contributed by atoms with Gasteiger partial charge in [0.25, 0.3) is 0 Å². The molecule has 0 spiro atoms. The zero-order valence-electron chi connectivity index (χ0n) is 18.3. The van der Waals surface area contributed by atoms with E-state index >= 15 is 0 Å². The van der Waals surface area contributed by atoms with E-state index in [0.29, 0.717) is 24.5 Å². The summed E-state index contributed by atoms with van der Waals surface area (Å²) in [6.45, 7) is 8.23. The zero-order chi connectivity index (χ0) is 21.5. The van der Waals surface area contributed by atoms with Crippen LogP contribution in [-0.4, -0.2) is 24.3 Å². The van der Waals surface area contributed by atoms with Gasteiger partial charge in [-0.05, 0) is 65.8 Å². The van der Waals surface area contributed by atoms with Crippen LogP contribution in [0.15, 0.2) is 54.6 Å². The van der Waals surface area contributed by atoms with Crippen molar-refractivity contribution < 1.29 is 14.6 Å². The fourth-order valence-electron chi connectivity index (χ4n) is 4.34. The van der Waals surface area contributed by atoms with Crippen LogP contribution in [0.2, 0.25) is 0 Å². The topological polar surface area (TPSA) is 46.5 Å². The molecule has 0 atom stereocenters. The monoisotopic (exact) mass is 406 g/mol. The fraction of sp³-hybridized carbons (Fsp3) is 0.444. The smallest absolute Gasteiger partial charge is 0.333 e. The summed E-state index contributed by atoms with van der Waals surface area (Å²) in [6, 6.07) is 15.2. The molecule has 0 radical (unpaired) electrons. The van der Waals surface area contributed by atoms with Crippen molar-refractivity contribution in [3.63, 3.8) is 0 Å². The maximum atomic E-state index is 11.8. The van der Waals surface area contributed by atoms with Crippen molar-refractivity contribution in [2.45, 2.75) is 58.3 Å². The van der Waals surface area contributed by atoms with Crippen LogP contribution in [0.25, 0.3) is 11.1 Å². The lowest BCUT2D eigenvalue weighted by Gasteiger charge is -2.28. The van der Waals surface area contributed by atoms with Gasteiger partial charge in [0, 0.05) is 18.6 Å². The summed E-state index contributed by atoms with van der Waals surface area (Å²) in [5.41, 5.74) is 6.62. The van der Waals surface area contributed by atoms with E-state index in [-0.39, 0.29) is 12.6 Å². The highest BCUT2D eigenvalue weighted by Gasteiger charge is 2.22. The Balaban J connectivity index is 1.83. The van der Waals surface area contributed by atoms with Gasteiger partial charge in [0.05, 0.1) is 6.61 Å². The van der Waals surface area contributed by atoms with E-state index < -0.39 is 0 Å². The highest BCUT2D eigenvalue weighted by atomic mass is 16.5. The Bertz CT molecular complexity index is 858. The van der Waals surface area contributed by atoms with Gasteiger partial charge in [-0.1, -0.05) is 68.8 Å². The summed E-state index contributed by atoms with van der Waals surface area (Å²) in [7, 11) is 0. The molecule has 0 aliphatic heterocycles. The van der Waals surface area contributed by atoms with Crippen molar-refractivity contribution in [1.82, 2.24) is 0 Å². The van der Waals surface area contributed by atoms with Crippen LogP contribution in [0.5, 0.6) is 0 Å². The van der Waals surface area contributed by atoms with Crippen LogP contribution in [-0.2, 0) is 22.4 Å². The van der Waals surface area contributed by atoms with E-state index in [1.54, 1.807) is 6.92 Å². The average molecular weight is 407 g/mol. The van der Waals surface area contributed by atoms with Crippen molar-refractivity contribution >= 4 is 5.97 Å². The maximum absolute atomic E-state index is 11.8. The predicted octanol–water partition coefficient (Wildman–Crippen LogP) is 5.84. The largest absolute Gasteiger partial charge is 0.462 e. The third kappa shape index (κ3) is 5.82. The molecule has 0 unspecified atom stereocenters. The fourth-order valence-corrected chi connectivity index (χ4v) is 4.34. The van der Waals surface area contributed by atoms with Crippen LogP contribution in [0.4, 0.5) is 0 Å². The van der Waals surface area contributed by atoms with Crippen molar-refractivity contribution in [2.75, 3.05) is 13.2 Å². The van der Waals surface area contributed by atoms with Gasteiger partial charge in [-0.25, -0.2) is 4.79 Å². The molecule has 3 rings (SSSR count). The summed E-state index contributed by atoms with van der Waals surface area (Å²) < 4.78 is 5.39. The molecule has 2 aromatic carbocycles. The minimum Gasteiger partial charge on any atom is -0.462 e. The third-order valence-electron chi connectivity index (χ3n) is 6.24. The number of aliphatic hydroxyl groups excluding tert-OH is 1. The summed E-state index contributed by atoms with van der Waals surface area (Å²) in [5.74, 6) is 1.09. The number of ether oxygens (including phenoxy) is 1. The molecule has 1 fully saturated rings. The molecule has 0 aromatic heterocycles. The molecule has 0 heterocycles. The minimum absolute atomic E-state index is 0.168. The normalized spacial score (nSPS) is 18.8. The lowest BCUT2D eigenvalue weighted by molar-refractivity contribution is -0.138. The Morgan fingerprint density at radius 2 is 1.70 bits per heavy atom. The second-order valence-corrected chi connectivity index (χ2v) is 8.71. The van der Waals surface area contributed by atoms with E-state index in [2.05, 4.69) is 56.0 Å². The third-order valence-corrected chi connectivity index (χ3v) is 6.24. The molecule has 0 saturated heterocycles. The number of aliphatic hydroxyl groups is 1. The van der Waals surface area contributed by atoms with Crippen LogP contribution in [0.3, 0.4) is 0 Å². The second-order valence-electron chi connectivity index (χ2n) is 8.71. The van der Waals surface area contributed by atoms with Crippen LogP contribution in [0.1, 0.15) is 62.1 Å². The molecule has 1 N–H and O–H groups in total. The molecule has 1 aliphatic carbocycles. The molecule has 160 valence electrons. The van der Waals surface area contributed by atoms with E-state index in [1.165, 1.54) is 47.9 Å². The van der Waals surface area contributed by atoms with Crippen LogP contribution < -0.4 is 0 Å². The Morgan fingerprint density at radius 1 is 1.03 bits per heavy atom. The van der Waals surface area contributed by atoms with Crippen molar-refractivity contribution in [1.29, 1.82) is 0 Å². The summed E-state index contributed by atoms with van der Waals surface area (Å²) in [5, 5.41) is 9.13. The van der Waals surface area contributed by atoms with Gasteiger partial charge >= 0.3 is 5.97 Å². The molecular weight excluding hydrogens is 372 g/mol. The maximum Gasteiger partial charge on any atom is 0.333 e. The number of rotatable bonds is 8. The molecule has 2 aromatic rings. The Kier molecular flexibility index (Phi) is 7.87. The van der Waals surface area contributed by atoms with Gasteiger partial charge in [0.15, 0.2) is 0 Å². The van der Waals surface area contributed by atoms with E-state index in [0.717, 1.165) is 17.9 Å². The lowest BCUT2D eigenvalue weighted by Crippen LogP contribution is -2.14. The number of carbonyl (C=O) groups excluding carboxylic acids is 1. The summed E-state index contributed by atoms with van der Waals surface area (Å²) in [4.78, 5) is 11.8. The Morgan fingerprint density at radius 3 is 2.33 bits per heavy atom. The molecular formula is C27H34O3. The van der Waals surface area contributed by atoms with Crippen LogP contribution >= 0.6 is 0 Å². The molecule has 1 saturated carbocycles. The first kappa shape index (κ1) is 22.3. The van der Waals surface area contributed by atoms with Crippen LogP contribution in [0, 0.1) is 5.92 Å². The van der Waals surface area contributed by atoms with Gasteiger partial charge in [0.2, 0.25) is 0 Å². The van der Waals surface area contributed by atoms with E-state index in [9.17, 15) is 4.79 Å². The lowest BCUT2D eigenvalue weighted by atomic mass is 9.77. The summed E-state index contributed by atoms with van der Waals surface area (Å²) >= 11 is 0. The van der Waals surface area contributed by atoms with Gasteiger partial charge in [-0.2, -0.15) is 0 Å². The van der Waals surface area contributed by atoms with Crippen molar-refractivity contribution in [2.24, 2.45) is 5.92 Å². The number of esters is 1. The average Bonchev–Trinajstić information content (AvgIpc) is 2.75. The molecule has 30 heavy (non-hydrogen) atoms. The van der Waals surface area contributed by atoms with Gasteiger partial charge < -0.3 is 9.84 Å². The van der Waals surface area contributed by atoms with Gasteiger partial charge in [0.1, 0.15) is 0 Å². The standard InChI is InChI=1S/C27H34O3/c1-19(2)27(29)30-17-15-25-18-24(22-10-6-21(7-11-22)14-16-28)12-13-26(25)23-8-4-20(3)5-9-23/h6-7,10-13,18,20,23,28H,1,4-5,8-9,14-17H2,2-3H3. The molecule has 1 aliphatic rings. The quantitative estimate of drug-likeness (QED) is 0.442. The van der Waals surface area contributed by atoms with Crippen molar-refractivity contribution in [3.8, 4) is 11.1 Å². The van der Waals surface area contributed by atoms with E-state index in [4.69, 9.17) is 9.84 Å². The highest BCUT2D eigenvalue weighted by Crippen LogP contribution is 2.38. The molecule has 3 heteroatoms. The first-order valence-electron chi connectivity index (χ1n) is 11.1. The number of hydrogen-bond acceptors (Lipinski definition) is 3. The first-order chi connectivity index (χ1) is 14.5. The number of carbonyl (C=O) groups is 1. The minimum atomic E-state index is -0.321. The summed E-state index contributed by atoms with van der Waals surface area (Å²) in [6.07, 6.45) is 6.42. The Hall–Kier alpha value is -2.39. The molecule has 0 amide bonds. The number of hydrogen-bond donors (Lipinski definition) is 1. The van der Waals surface area contributed by atoms with Gasteiger partial charge in [-0.15, -0.1) is 0 Å². The van der Waals surface area contributed by atoms with Crippen molar-refractivity contribution in [3.05, 3.63) is 71.3 Å². The molecule has 3 nitrogen and oxygen atoms in total. The van der Waals surface area contributed by atoms with Gasteiger partial charge in [-0.3, -0.25) is 0 Å². The first-order valence-corrected chi connectivity index (χ1v) is 11.1. The SMILES string of the molecule is C=C(C)C(=O)OCCc1cc(-c2ccc(CCO)cc2)ccc1C1CCC(C)CC1.